The summed E-state index contributed by atoms with van der Waals surface area (Å²) < 4.78 is 8.98. The number of carbonyl (C=O) groups is 3. The Morgan fingerprint density at radius 2 is 1.61 bits per heavy atom. The van der Waals surface area contributed by atoms with Gasteiger partial charge in [-0.3, -0.25) is 0 Å². The molecule has 5 heteroatoms. The SMILES string of the molecule is C=C(C)C(=O)OCCCCCCCC(C)C.O=C1C=CC(=O)O1. The molecular formula is C18H28O5. The zero-order valence-electron chi connectivity index (χ0n) is 14.4. The van der Waals surface area contributed by atoms with Crippen LogP contribution >= 0.6 is 0 Å². The second-order valence-corrected chi connectivity index (χ2v) is 5.94. The molecule has 0 aromatic rings. The maximum Gasteiger partial charge on any atom is 0.338 e. The molecule has 0 amide bonds. The Balaban J connectivity index is 0.000000568. The lowest BCUT2D eigenvalue weighted by atomic mass is 10.0. The summed E-state index contributed by atoms with van der Waals surface area (Å²) in [4.78, 5) is 30.9. The summed E-state index contributed by atoms with van der Waals surface area (Å²) in [5.41, 5.74) is 0.483. The molecule has 0 atom stereocenters. The third kappa shape index (κ3) is 13.5. The molecule has 0 fully saturated rings. The summed E-state index contributed by atoms with van der Waals surface area (Å²) in [7, 11) is 0. The highest BCUT2D eigenvalue weighted by Gasteiger charge is 2.10. The number of rotatable bonds is 9. The van der Waals surface area contributed by atoms with E-state index in [0.29, 0.717) is 12.2 Å². The predicted molar refractivity (Wildman–Crippen MR) is 88.6 cm³/mol. The Hall–Kier alpha value is -1.91. The summed E-state index contributed by atoms with van der Waals surface area (Å²) in [6.07, 6.45) is 9.49. The fraction of sp³-hybridized carbons (Fsp3) is 0.611. The molecule has 0 aromatic carbocycles. The van der Waals surface area contributed by atoms with Crippen molar-refractivity contribution in [3.8, 4) is 0 Å². The summed E-state index contributed by atoms with van der Waals surface area (Å²) in [5, 5.41) is 0. The van der Waals surface area contributed by atoms with Crippen molar-refractivity contribution >= 4 is 17.9 Å². The number of carbonyl (C=O) groups excluding carboxylic acids is 3. The standard InChI is InChI=1S/C14H26O2.C4H2O3/c1-12(2)10-8-6-5-7-9-11-16-14(15)13(3)4;5-3-1-2-4(6)7-3/h12H,3,5-11H2,1-2,4H3;1-2H. The van der Waals surface area contributed by atoms with Crippen LogP contribution in [-0.2, 0) is 23.9 Å². The number of cyclic esters (lactones) is 2. The van der Waals surface area contributed by atoms with E-state index in [0.717, 1.165) is 30.9 Å². The smallest absolute Gasteiger partial charge is 0.338 e. The molecule has 0 aliphatic carbocycles. The lowest BCUT2D eigenvalue weighted by Gasteiger charge is -2.05. The van der Waals surface area contributed by atoms with Crippen molar-refractivity contribution in [1.29, 1.82) is 0 Å². The van der Waals surface area contributed by atoms with E-state index in [2.05, 4.69) is 25.2 Å². The molecule has 0 spiro atoms. The zero-order chi connectivity index (χ0) is 17.7. The van der Waals surface area contributed by atoms with Gasteiger partial charge in [-0.15, -0.1) is 0 Å². The van der Waals surface area contributed by atoms with Gasteiger partial charge in [0.1, 0.15) is 0 Å². The lowest BCUT2D eigenvalue weighted by molar-refractivity contribution is -0.150. The Morgan fingerprint density at radius 3 is 2.04 bits per heavy atom. The molecule has 1 rings (SSSR count). The summed E-state index contributed by atoms with van der Waals surface area (Å²) in [5.74, 6) is -0.605. The number of esters is 3. The maximum absolute atomic E-state index is 11.0. The highest BCUT2D eigenvalue weighted by Crippen LogP contribution is 2.10. The van der Waals surface area contributed by atoms with Crippen molar-refractivity contribution in [3.63, 3.8) is 0 Å². The molecule has 0 saturated carbocycles. The quantitative estimate of drug-likeness (QED) is 0.280. The van der Waals surface area contributed by atoms with Crippen LogP contribution in [0.3, 0.4) is 0 Å². The molecule has 1 heterocycles. The first-order valence-electron chi connectivity index (χ1n) is 8.09. The number of ether oxygens (including phenoxy) is 2. The lowest BCUT2D eigenvalue weighted by Crippen LogP contribution is -2.05. The van der Waals surface area contributed by atoms with Crippen LogP contribution in [0.1, 0.15) is 59.3 Å². The molecule has 0 unspecified atom stereocenters. The van der Waals surface area contributed by atoms with Crippen LogP contribution < -0.4 is 0 Å². The van der Waals surface area contributed by atoms with Crippen LogP contribution in [0.25, 0.3) is 0 Å². The largest absolute Gasteiger partial charge is 0.462 e. The molecule has 23 heavy (non-hydrogen) atoms. The first-order chi connectivity index (χ1) is 10.8. The molecule has 0 aromatic heterocycles. The molecular weight excluding hydrogens is 296 g/mol. The Labute approximate surface area is 138 Å². The highest BCUT2D eigenvalue weighted by molar-refractivity contribution is 6.04. The van der Waals surface area contributed by atoms with Gasteiger partial charge in [0, 0.05) is 17.7 Å². The molecule has 0 saturated heterocycles. The van der Waals surface area contributed by atoms with E-state index in [4.69, 9.17) is 4.74 Å². The Kier molecular flexibility index (Phi) is 11.6. The number of hydrogen-bond acceptors (Lipinski definition) is 5. The second kappa shape index (κ2) is 12.6. The number of hydrogen-bond donors (Lipinski definition) is 0. The second-order valence-electron chi connectivity index (χ2n) is 5.94. The number of unbranched alkanes of at least 4 members (excludes halogenated alkanes) is 4. The van der Waals surface area contributed by atoms with Crippen LogP contribution in [-0.4, -0.2) is 24.5 Å². The normalized spacial score (nSPS) is 12.7. The molecule has 0 bridgehead atoms. The molecule has 1 aliphatic heterocycles. The molecule has 5 nitrogen and oxygen atoms in total. The van der Waals surface area contributed by atoms with Gasteiger partial charge in [-0.1, -0.05) is 52.5 Å². The van der Waals surface area contributed by atoms with E-state index in [1.165, 1.54) is 25.7 Å². The van der Waals surface area contributed by atoms with E-state index in [9.17, 15) is 14.4 Å². The van der Waals surface area contributed by atoms with Crippen molar-refractivity contribution in [2.45, 2.75) is 59.3 Å². The fourth-order valence-electron chi connectivity index (χ4n) is 1.78. The minimum atomic E-state index is -0.579. The van der Waals surface area contributed by atoms with Gasteiger partial charge >= 0.3 is 17.9 Å². The van der Waals surface area contributed by atoms with Crippen molar-refractivity contribution in [2.75, 3.05) is 6.61 Å². The average Bonchev–Trinajstić information content (AvgIpc) is 2.85. The van der Waals surface area contributed by atoms with Gasteiger partial charge in [-0.2, -0.15) is 0 Å². The van der Waals surface area contributed by atoms with Crippen LogP contribution in [0.5, 0.6) is 0 Å². The van der Waals surface area contributed by atoms with E-state index in [1.54, 1.807) is 6.92 Å². The fourth-order valence-corrected chi connectivity index (χ4v) is 1.78. The van der Waals surface area contributed by atoms with Crippen molar-refractivity contribution < 1.29 is 23.9 Å². The predicted octanol–water partition coefficient (Wildman–Crippen LogP) is 3.73. The van der Waals surface area contributed by atoms with Gasteiger partial charge in [0.05, 0.1) is 6.61 Å². The zero-order valence-corrected chi connectivity index (χ0v) is 14.4. The topological polar surface area (TPSA) is 69.7 Å². The highest BCUT2D eigenvalue weighted by atomic mass is 16.6. The summed E-state index contributed by atoms with van der Waals surface area (Å²) in [6.45, 7) is 10.3. The van der Waals surface area contributed by atoms with Crippen molar-refractivity contribution in [3.05, 3.63) is 24.3 Å². The Morgan fingerprint density at radius 1 is 1.09 bits per heavy atom. The van der Waals surface area contributed by atoms with E-state index in [-0.39, 0.29) is 5.97 Å². The van der Waals surface area contributed by atoms with E-state index < -0.39 is 11.9 Å². The van der Waals surface area contributed by atoms with E-state index >= 15 is 0 Å². The molecule has 1 aliphatic rings. The van der Waals surface area contributed by atoms with Crippen LogP contribution in [0.4, 0.5) is 0 Å². The first-order valence-corrected chi connectivity index (χ1v) is 8.09. The maximum atomic E-state index is 11.0. The molecule has 0 radical (unpaired) electrons. The van der Waals surface area contributed by atoms with Crippen molar-refractivity contribution in [2.24, 2.45) is 5.92 Å². The third-order valence-electron chi connectivity index (χ3n) is 3.06. The third-order valence-corrected chi connectivity index (χ3v) is 3.06. The van der Waals surface area contributed by atoms with Crippen molar-refractivity contribution in [1.82, 2.24) is 0 Å². The summed E-state index contributed by atoms with van der Waals surface area (Å²) >= 11 is 0. The molecule has 0 N–H and O–H groups in total. The van der Waals surface area contributed by atoms with Gasteiger partial charge in [0.2, 0.25) is 0 Å². The first kappa shape index (κ1) is 21.1. The van der Waals surface area contributed by atoms with E-state index in [1.807, 2.05) is 0 Å². The van der Waals surface area contributed by atoms with Gasteiger partial charge in [0.25, 0.3) is 0 Å². The van der Waals surface area contributed by atoms with Crippen LogP contribution in [0, 0.1) is 5.92 Å². The summed E-state index contributed by atoms with van der Waals surface area (Å²) in [6, 6.07) is 0. The van der Waals surface area contributed by atoms with Crippen LogP contribution in [0.2, 0.25) is 0 Å². The Bertz CT molecular complexity index is 419. The minimum absolute atomic E-state index is 0.264. The van der Waals surface area contributed by atoms with Gasteiger partial charge in [0.15, 0.2) is 0 Å². The van der Waals surface area contributed by atoms with Gasteiger partial charge in [-0.25, -0.2) is 14.4 Å². The monoisotopic (exact) mass is 324 g/mol. The van der Waals surface area contributed by atoms with Gasteiger partial charge in [-0.05, 0) is 19.3 Å². The van der Waals surface area contributed by atoms with Crippen LogP contribution in [0.15, 0.2) is 24.3 Å². The minimum Gasteiger partial charge on any atom is -0.462 e. The molecule has 130 valence electrons. The average molecular weight is 324 g/mol. The van der Waals surface area contributed by atoms with Gasteiger partial charge < -0.3 is 9.47 Å².